The molecule has 0 unspecified atom stereocenters. The van der Waals surface area contributed by atoms with Crippen LogP contribution in [-0.2, 0) is 9.59 Å². The fourth-order valence-corrected chi connectivity index (χ4v) is 2.20. The SMILES string of the molecule is CC(=O)N(CCC(=O)Nc1ccc(C)c(Cl)c1)c1cc(C)on1. The van der Waals surface area contributed by atoms with Gasteiger partial charge in [-0.1, -0.05) is 22.8 Å². The van der Waals surface area contributed by atoms with E-state index < -0.39 is 0 Å². The number of benzene rings is 1. The Morgan fingerprint density at radius 1 is 1.30 bits per heavy atom. The normalized spacial score (nSPS) is 10.4. The first-order chi connectivity index (χ1) is 10.9. The predicted molar refractivity (Wildman–Crippen MR) is 88.7 cm³/mol. The Morgan fingerprint density at radius 3 is 2.61 bits per heavy atom. The van der Waals surface area contributed by atoms with Crippen LogP contribution in [-0.4, -0.2) is 23.5 Å². The zero-order valence-electron chi connectivity index (χ0n) is 13.2. The van der Waals surface area contributed by atoms with Crippen LogP contribution in [0.25, 0.3) is 0 Å². The number of amides is 2. The van der Waals surface area contributed by atoms with Gasteiger partial charge < -0.3 is 9.84 Å². The quantitative estimate of drug-likeness (QED) is 0.909. The van der Waals surface area contributed by atoms with Gasteiger partial charge in [0.1, 0.15) is 5.76 Å². The number of hydrogen-bond donors (Lipinski definition) is 1. The summed E-state index contributed by atoms with van der Waals surface area (Å²) in [7, 11) is 0. The first-order valence-corrected chi connectivity index (χ1v) is 7.52. The predicted octanol–water partition coefficient (Wildman–Crippen LogP) is 3.33. The van der Waals surface area contributed by atoms with Crippen LogP contribution in [0.15, 0.2) is 28.8 Å². The highest BCUT2D eigenvalue weighted by Gasteiger charge is 2.17. The molecule has 23 heavy (non-hydrogen) atoms. The lowest BCUT2D eigenvalue weighted by Gasteiger charge is -2.17. The molecule has 0 spiro atoms. The fraction of sp³-hybridized carbons (Fsp3) is 0.312. The number of halogens is 1. The molecule has 0 fully saturated rings. The largest absolute Gasteiger partial charge is 0.360 e. The van der Waals surface area contributed by atoms with E-state index in [1.54, 1.807) is 25.1 Å². The molecule has 7 heteroatoms. The first kappa shape index (κ1) is 17.0. The minimum atomic E-state index is -0.212. The number of nitrogens with one attached hydrogen (secondary N) is 1. The summed E-state index contributed by atoms with van der Waals surface area (Å²) in [6.45, 7) is 5.26. The number of aryl methyl sites for hydroxylation is 2. The minimum absolute atomic E-state index is 0.136. The summed E-state index contributed by atoms with van der Waals surface area (Å²) in [4.78, 5) is 25.1. The van der Waals surface area contributed by atoms with E-state index in [4.69, 9.17) is 16.1 Å². The molecule has 2 rings (SSSR count). The molecule has 1 N–H and O–H groups in total. The van der Waals surface area contributed by atoms with Gasteiger partial charge in [-0.2, -0.15) is 0 Å². The lowest BCUT2D eigenvalue weighted by Crippen LogP contribution is -2.32. The lowest BCUT2D eigenvalue weighted by molar-refractivity contribution is -0.117. The molecule has 122 valence electrons. The van der Waals surface area contributed by atoms with Crippen LogP contribution in [0.1, 0.15) is 24.7 Å². The summed E-state index contributed by atoms with van der Waals surface area (Å²) in [5.74, 6) is 0.590. The van der Waals surface area contributed by atoms with Gasteiger partial charge in [0, 0.05) is 36.7 Å². The highest BCUT2D eigenvalue weighted by atomic mass is 35.5. The van der Waals surface area contributed by atoms with Gasteiger partial charge in [0.25, 0.3) is 0 Å². The van der Waals surface area contributed by atoms with E-state index >= 15 is 0 Å². The van der Waals surface area contributed by atoms with Crippen molar-refractivity contribution in [1.82, 2.24) is 5.16 Å². The molecule has 0 atom stereocenters. The first-order valence-electron chi connectivity index (χ1n) is 7.14. The number of rotatable bonds is 5. The third kappa shape index (κ3) is 4.56. The number of anilines is 2. The number of nitrogens with zero attached hydrogens (tertiary/aromatic N) is 2. The van der Waals surface area contributed by atoms with E-state index in [-0.39, 0.29) is 24.8 Å². The molecule has 6 nitrogen and oxygen atoms in total. The maximum atomic E-state index is 12.0. The van der Waals surface area contributed by atoms with Crippen molar-refractivity contribution in [3.05, 3.63) is 40.6 Å². The summed E-state index contributed by atoms with van der Waals surface area (Å²) in [6.07, 6.45) is 0.136. The summed E-state index contributed by atoms with van der Waals surface area (Å²) in [5.41, 5.74) is 1.56. The minimum Gasteiger partial charge on any atom is -0.360 e. The standard InChI is InChI=1S/C16H18ClN3O3/c1-10-4-5-13(9-14(10)17)18-16(22)6-7-20(12(3)21)15-8-11(2)23-19-15/h4-5,8-9H,6-7H2,1-3H3,(H,18,22). The molecule has 0 saturated heterocycles. The van der Waals surface area contributed by atoms with E-state index in [9.17, 15) is 9.59 Å². The molecule has 2 amide bonds. The summed E-state index contributed by atoms with van der Waals surface area (Å²) >= 11 is 6.03. The second-order valence-corrected chi connectivity index (χ2v) is 5.64. The molecule has 2 aromatic rings. The third-order valence-electron chi connectivity index (χ3n) is 3.29. The zero-order valence-corrected chi connectivity index (χ0v) is 14.0. The van der Waals surface area contributed by atoms with Crippen LogP contribution >= 0.6 is 11.6 Å². The maximum Gasteiger partial charge on any atom is 0.226 e. The monoisotopic (exact) mass is 335 g/mol. The van der Waals surface area contributed by atoms with Crippen molar-refractivity contribution in [3.8, 4) is 0 Å². The van der Waals surface area contributed by atoms with E-state index in [1.807, 2.05) is 13.0 Å². The third-order valence-corrected chi connectivity index (χ3v) is 3.70. The van der Waals surface area contributed by atoms with Crippen molar-refractivity contribution >= 4 is 34.9 Å². The van der Waals surface area contributed by atoms with Gasteiger partial charge in [-0.15, -0.1) is 0 Å². The molecule has 1 aromatic heterocycles. The average molecular weight is 336 g/mol. The lowest BCUT2D eigenvalue weighted by atomic mass is 10.2. The number of carbonyl (C=O) groups excluding carboxylic acids is 2. The Hall–Kier alpha value is -2.34. The van der Waals surface area contributed by atoms with Crippen LogP contribution in [0.2, 0.25) is 5.02 Å². The Balaban J connectivity index is 1.96. The number of aromatic nitrogens is 1. The fourth-order valence-electron chi connectivity index (χ4n) is 2.02. The topological polar surface area (TPSA) is 75.4 Å². The molecular weight excluding hydrogens is 318 g/mol. The van der Waals surface area contributed by atoms with Gasteiger partial charge in [-0.05, 0) is 31.5 Å². The highest BCUT2D eigenvalue weighted by Crippen LogP contribution is 2.20. The van der Waals surface area contributed by atoms with Crippen molar-refractivity contribution < 1.29 is 14.1 Å². The van der Waals surface area contributed by atoms with E-state index in [2.05, 4.69) is 10.5 Å². The van der Waals surface area contributed by atoms with Crippen molar-refractivity contribution in [2.45, 2.75) is 27.2 Å². The van der Waals surface area contributed by atoms with Crippen molar-refractivity contribution in [2.75, 3.05) is 16.8 Å². The van der Waals surface area contributed by atoms with Gasteiger partial charge in [-0.3, -0.25) is 14.5 Å². The van der Waals surface area contributed by atoms with Gasteiger partial charge in [0.05, 0.1) is 0 Å². The summed E-state index contributed by atoms with van der Waals surface area (Å²) < 4.78 is 4.96. The summed E-state index contributed by atoms with van der Waals surface area (Å²) in [6, 6.07) is 6.96. The molecule has 0 radical (unpaired) electrons. The maximum absolute atomic E-state index is 12.0. The Kier molecular flexibility index (Phi) is 5.39. The zero-order chi connectivity index (χ0) is 17.0. The van der Waals surface area contributed by atoms with Crippen LogP contribution < -0.4 is 10.2 Å². The van der Waals surface area contributed by atoms with Crippen LogP contribution in [0.4, 0.5) is 11.5 Å². The Morgan fingerprint density at radius 2 is 2.04 bits per heavy atom. The van der Waals surface area contributed by atoms with Crippen molar-refractivity contribution in [1.29, 1.82) is 0 Å². The molecule has 1 aromatic carbocycles. The molecule has 1 heterocycles. The van der Waals surface area contributed by atoms with Gasteiger partial charge in [0.15, 0.2) is 5.82 Å². The van der Waals surface area contributed by atoms with Gasteiger partial charge in [0.2, 0.25) is 11.8 Å². The number of hydrogen-bond acceptors (Lipinski definition) is 4. The van der Waals surface area contributed by atoms with Crippen LogP contribution in [0, 0.1) is 13.8 Å². The van der Waals surface area contributed by atoms with Gasteiger partial charge in [-0.25, -0.2) is 0 Å². The molecule has 0 aliphatic heterocycles. The van der Waals surface area contributed by atoms with Gasteiger partial charge >= 0.3 is 0 Å². The number of carbonyl (C=O) groups is 2. The van der Waals surface area contributed by atoms with Crippen molar-refractivity contribution in [3.63, 3.8) is 0 Å². The van der Waals surface area contributed by atoms with E-state index in [0.29, 0.717) is 22.3 Å². The van der Waals surface area contributed by atoms with E-state index in [0.717, 1.165) is 5.56 Å². The molecule has 0 aliphatic carbocycles. The van der Waals surface area contributed by atoms with Crippen molar-refractivity contribution in [2.24, 2.45) is 0 Å². The second-order valence-electron chi connectivity index (χ2n) is 5.23. The highest BCUT2D eigenvalue weighted by molar-refractivity contribution is 6.31. The molecule has 0 bridgehead atoms. The molecular formula is C16H18ClN3O3. The van der Waals surface area contributed by atoms with Crippen LogP contribution in [0.5, 0.6) is 0 Å². The average Bonchev–Trinajstić information content (AvgIpc) is 2.89. The smallest absolute Gasteiger partial charge is 0.226 e. The summed E-state index contributed by atoms with van der Waals surface area (Å²) in [5, 5.41) is 7.15. The Labute approximate surface area is 139 Å². The van der Waals surface area contributed by atoms with E-state index in [1.165, 1.54) is 11.8 Å². The molecule has 0 saturated carbocycles. The Bertz CT molecular complexity index is 727. The second kappa shape index (κ2) is 7.28. The van der Waals surface area contributed by atoms with Crippen LogP contribution in [0.3, 0.4) is 0 Å². The molecule has 0 aliphatic rings.